The maximum Gasteiger partial charge on any atom is 0.228 e. The second-order valence-corrected chi connectivity index (χ2v) is 6.45. The number of nitriles is 1. The van der Waals surface area contributed by atoms with Gasteiger partial charge in [-0.3, -0.25) is 9.48 Å². The van der Waals surface area contributed by atoms with Crippen LogP contribution in [0.2, 0.25) is 0 Å². The Hall–Kier alpha value is -1.83. The van der Waals surface area contributed by atoms with Crippen molar-refractivity contribution in [2.45, 2.75) is 44.9 Å². The van der Waals surface area contributed by atoms with Crippen molar-refractivity contribution in [1.29, 1.82) is 5.26 Å². The van der Waals surface area contributed by atoms with Gasteiger partial charge in [-0.15, -0.1) is 0 Å². The quantitative estimate of drug-likeness (QED) is 0.908. The minimum absolute atomic E-state index is 0.0547. The van der Waals surface area contributed by atoms with Gasteiger partial charge in [0.2, 0.25) is 5.91 Å². The maximum atomic E-state index is 12.5. The lowest BCUT2D eigenvalue weighted by Gasteiger charge is -2.38. The van der Waals surface area contributed by atoms with Crippen molar-refractivity contribution in [3.05, 3.63) is 11.8 Å². The predicted molar refractivity (Wildman–Crippen MR) is 79.3 cm³/mol. The van der Waals surface area contributed by atoms with E-state index in [9.17, 15) is 4.79 Å². The van der Waals surface area contributed by atoms with E-state index in [0.29, 0.717) is 11.4 Å². The van der Waals surface area contributed by atoms with Crippen LogP contribution in [0, 0.1) is 29.1 Å². The van der Waals surface area contributed by atoms with Crippen LogP contribution in [0.5, 0.6) is 0 Å². The molecule has 3 atom stereocenters. The molecule has 1 aromatic heterocycles. The molecular formula is C16H22N4O. The monoisotopic (exact) mass is 286 g/mol. The Morgan fingerprint density at radius 3 is 2.86 bits per heavy atom. The fourth-order valence-electron chi connectivity index (χ4n) is 4.00. The highest BCUT2D eigenvalue weighted by atomic mass is 16.2. The number of nitrogens with one attached hydrogen (secondary N) is 1. The number of aryl methyl sites for hydroxylation is 1. The molecule has 0 bridgehead atoms. The highest BCUT2D eigenvalue weighted by Crippen LogP contribution is 2.42. The average molecular weight is 286 g/mol. The number of hydrogen-bond acceptors (Lipinski definition) is 3. The molecule has 2 saturated carbocycles. The zero-order valence-corrected chi connectivity index (χ0v) is 12.5. The normalized spacial score (nSPS) is 28.5. The topological polar surface area (TPSA) is 70.7 Å². The van der Waals surface area contributed by atoms with Crippen molar-refractivity contribution in [2.24, 2.45) is 24.8 Å². The highest BCUT2D eigenvalue weighted by molar-refractivity contribution is 5.92. The van der Waals surface area contributed by atoms with Crippen molar-refractivity contribution in [3.8, 4) is 6.07 Å². The lowest BCUT2D eigenvalue weighted by molar-refractivity contribution is -0.122. The summed E-state index contributed by atoms with van der Waals surface area (Å²) in [6.07, 6.45) is 9.97. The van der Waals surface area contributed by atoms with Gasteiger partial charge in [0.1, 0.15) is 17.5 Å². The smallest absolute Gasteiger partial charge is 0.228 e. The van der Waals surface area contributed by atoms with Crippen LogP contribution in [0.15, 0.2) is 6.20 Å². The third-order valence-corrected chi connectivity index (χ3v) is 5.21. The molecular weight excluding hydrogens is 264 g/mol. The van der Waals surface area contributed by atoms with Gasteiger partial charge in [-0.2, -0.15) is 10.4 Å². The van der Waals surface area contributed by atoms with Gasteiger partial charge in [0.05, 0.1) is 6.20 Å². The molecule has 5 nitrogen and oxygen atoms in total. The number of rotatable bonds is 2. The molecule has 2 fully saturated rings. The summed E-state index contributed by atoms with van der Waals surface area (Å²) in [5, 5.41) is 16.0. The molecule has 0 saturated heterocycles. The summed E-state index contributed by atoms with van der Waals surface area (Å²) in [5.74, 6) is 2.23. The van der Waals surface area contributed by atoms with Crippen molar-refractivity contribution < 1.29 is 4.79 Å². The van der Waals surface area contributed by atoms with Crippen LogP contribution in [-0.4, -0.2) is 15.7 Å². The number of nitrogens with zero attached hydrogens (tertiary/aromatic N) is 3. The van der Waals surface area contributed by atoms with Gasteiger partial charge in [0.15, 0.2) is 0 Å². The molecule has 112 valence electrons. The Bertz CT molecular complexity index is 571. The molecule has 0 spiro atoms. The number of fused-ring (bicyclic) bond motifs is 1. The molecule has 0 aromatic carbocycles. The molecule has 21 heavy (non-hydrogen) atoms. The van der Waals surface area contributed by atoms with Crippen LogP contribution in [0.4, 0.5) is 5.82 Å². The van der Waals surface area contributed by atoms with Crippen LogP contribution >= 0.6 is 0 Å². The summed E-state index contributed by atoms with van der Waals surface area (Å²) < 4.78 is 1.56. The summed E-state index contributed by atoms with van der Waals surface area (Å²) in [4.78, 5) is 12.5. The lowest BCUT2D eigenvalue weighted by atomic mass is 9.67. The number of carbonyl (C=O) groups excluding carboxylic acids is 1. The Balaban J connectivity index is 1.66. The maximum absolute atomic E-state index is 12.5. The summed E-state index contributed by atoms with van der Waals surface area (Å²) in [6.45, 7) is 0. The fourth-order valence-corrected chi connectivity index (χ4v) is 4.00. The molecule has 0 radical (unpaired) electrons. The molecule has 2 aliphatic rings. The summed E-state index contributed by atoms with van der Waals surface area (Å²) in [5.41, 5.74) is 0.428. The lowest BCUT2D eigenvalue weighted by Crippen LogP contribution is -2.34. The number of hydrogen-bond donors (Lipinski definition) is 1. The van der Waals surface area contributed by atoms with Gasteiger partial charge in [-0.25, -0.2) is 0 Å². The molecule has 1 N–H and O–H groups in total. The van der Waals surface area contributed by atoms with Crippen LogP contribution in [0.3, 0.4) is 0 Å². The van der Waals surface area contributed by atoms with Crippen LogP contribution < -0.4 is 5.32 Å². The number of aromatic nitrogens is 2. The first kappa shape index (κ1) is 14.1. The van der Waals surface area contributed by atoms with E-state index in [2.05, 4.69) is 16.5 Å². The van der Waals surface area contributed by atoms with Gasteiger partial charge in [0, 0.05) is 13.0 Å². The summed E-state index contributed by atoms with van der Waals surface area (Å²) in [7, 11) is 1.74. The minimum Gasteiger partial charge on any atom is -0.310 e. The zero-order valence-electron chi connectivity index (χ0n) is 12.5. The van der Waals surface area contributed by atoms with Crippen molar-refractivity contribution >= 4 is 11.7 Å². The molecule has 3 unspecified atom stereocenters. The standard InChI is InChI=1S/C16H22N4O/c1-20-15(14(9-17)10-18-20)19-16(21)13-7-6-11-4-2-3-5-12(11)8-13/h10-13H,2-8H2,1H3,(H,19,21). The Morgan fingerprint density at radius 1 is 1.33 bits per heavy atom. The van der Waals surface area contributed by atoms with E-state index < -0.39 is 0 Å². The van der Waals surface area contributed by atoms with Crippen LogP contribution in [-0.2, 0) is 11.8 Å². The molecule has 0 aliphatic heterocycles. The predicted octanol–water partition coefficient (Wildman–Crippen LogP) is 2.84. The Labute approximate surface area is 125 Å². The van der Waals surface area contributed by atoms with Crippen molar-refractivity contribution in [2.75, 3.05) is 5.32 Å². The van der Waals surface area contributed by atoms with Crippen LogP contribution in [0.25, 0.3) is 0 Å². The molecule has 1 amide bonds. The van der Waals surface area contributed by atoms with Crippen molar-refractivity contribution in [3.63, 3.8) is 0 Å². The van der Waals surface area contributed by atoms with Crippen LogP contribution in [0.1, 0.15) is 50.5 Å². The van der Waals surface area contributed by atoms with E-state index in [1.165, 1.54) is 38.3 Å². The van der Waals surface area contributed by atoms with E-state index in [4.69, 9.17) is 5.26 Å². The van der Waals surface area contributed by atoms with E-state index in [1.54, 1.807) is 11.7 Å². The molecule has 3 rings (SSSR count). The molecule has 2 aliphatic carbocycles. The molecule has 1 aromatic rings. The minimum atomic E-state index is 0.0547. The average Bonchev–Trinajstić information content (AvgIpc) is 2.87. The van der Waals surface area contributed by atoms with E-state index >= 15 is 0 Å². The number of anilines is 1. The van der Waals surface area contributed by atoms with Gasteiger partial charge in [0.25, 0.3) is 0 Å². The van der Waals surface area contributed by atoms with Gasteiger partial charge in [-0.05, 0) is 31.1 Å². The third-order valence-electron chi connectivity index (χ3n) is 5.21. The summed E-state index contributed by atoms with van der Waals surface area (Å²) >= 11 is 0. The first-order chi connectivity index (χ1) is 10.2. The van der Waals surface area contributed by atoms with Gasteiger partial charge in [-0.1, -0.05) is 25.7 Å². The van der Waals surface area contributed by atoms with Gasteiger partial charge >= 0.3 is 0 Å². The molecule has 1 heterocycles. The SMILES string of the molecule is Cn1ncc(C#N)c1NC(=O)C1CCC2CCCCC2C1. The molecule has 5 heteroatoms. The zero-order chi connectivity index (χ0) is 14.8. The second-order valence-electron chi connectivity index (χ2n) is 6.45. The number of carbonyl (C=O) groups is 1. The van der Waals surface area contributed by atoms with E-state index in [-0.39, 0.29) is 11.8 Å². The second kappa shape index (κ2) is 5.88. The Morgan fingerprint density at radius 2 is 2.10 bits per heavy atom. The van der Waals surface area contributed by atoms with Gasteiger partial charge < -0.3 is 5.32 Å². The first-order valence-corrected chi connectivity index (χ1v) is 7.92. The fraction of sp³-hybridized carbons (Fsp3) is 0.688. The van der Waals surface area contributed by atoms with E-state index in [0.717, 1.165) is 24.7 Å². The highest BCUT2D eigenvalue weighted by Gasteiger charge is 2.35. The van der Waals surface area contributed by atoms with Crippen molar-refractivity contribution in [1.82, 2.24) is 9.78 Å². The first-order valence-electron chi connectivity index (χ1n) is 7.92. The largest absolute Gasteiger partial charge is 0.310 e. The Kier molecular flexibility index (Phi) is 3.96. The summed E-state index contributed by atoms with van der Waals surface area (Å²) in [6, 6.07) is 2.07. The number of amides is 1. The van der Waals surface area contributed by atoms with E-state index in [1.807, 2.05) is 0 Å². The third kappa shape index (κ3) is 2.80.